The third-order valence-corrected chi connectivity index (χ3v) is 10.1. The van der Waals surface area contributed by atoms with E-state index in [1.807, 2.05) is 0 Å². The zero-order valence-electron chi connectivity index (χ0n) is 21.1. The number of amides is 1. The van der Waals surface area contributed by atoms with Crippen molar-refractivity contribution >= 4 is 29.2 Å². The normalized spacial score (nSPS) is 33.4. The first-order valence-corrected chi connectivity index (χ1v) is 13.7. The molecule has 0 spiro atoms. The summed E-state index contributed by atoms with van der Waals surface area (Å²) < 4.78 is 0. The van der Waals surface area contributed by atoms with Gasteiger partial charge in [-0.15, -0.1) is 0 Å². The molecule has 0 aromatic heterocycles. The molecular weight excluding hydrogens is 512 g/mol. The van der Waals surface area contributed by atoms with E-state index in [2.05, 4.69) is 0 Å². The van der Waals surface area contributed by atoms with E-state index in [0.29, 0.717) is 16.6 Å². The minimum atomic E-state index is -2.91. The minimum Gasteiger partial charge on any atom is -0.510 e. The SMILES string of the molecule is CN(C)[C@@H]1C(O)=C(C(N)=O)C(=O)[C@@]2(O)C(O)=C3C(=O)c4c(O)cccc4[C@H](CSC4CCCC4)C3[C@H](O)C12. The highest BCUT2D eigenvalue weighted by Crippen LogP contribution is 2.56. The predicted molar refractivity (Wildman–Crippen MR) is 139 cm³/mol. The maximum atomic E-state index is 13.8. The molecule has 4 aliphatic carbocycles. The summed E-state index contributed by atoms with van der Waals surface area (Å²) in [6, 6.07) is 3.37. The molecule has 5 rings (SSSR count). The minimum absolute atomic E-state index is 0.0579. The largest absolute Gasteiger partial charge is 0.510 e. The van der Waals surface area contributed by atoms with E-state index in [9.17, 15) is 39.9 Å². The molecule has 10 nitrogen and oxygen atoms in total. The van der Waals surface area contributed by atoms with Crippen LogP contribution in [0.2, 0.25) is 0 Å². The zero-order chi connectivity index (χ0) is 27.7. The van der Waals surface area contributed by atoms with E-state index >= 15 is 0 Å². The average Bonchev–Trinajstić information content (AvgIpc) is 3.37. The quantitative estimate of drug-likeness (QED) is 0.296. The Morgan fingerprint density at radius 2 is 1.82 bits per heavy atom. The number of thioether (sulfide) groups is 1. The van der Waals surface area contributed by atoms with Gasteiger partial charge in [-0.05, 0) is 38.6 Å². The Labute approximate surface area is 223 Å². The van der Waals surface area contributed by atoms with Gasteiger partial charge in [0.1, 0.15) is 22.8 Å². The standard InChI is InChI=1S/C27H32N2O8S/c1-29(2)20-19-22(32)16-13(10-38-11-6-3-4-7-11)12-8-5-9-14(30)15(12)21(31)17(16)24(34)27(19,37)25(35)18(23(20)33)26(28)36/h5,8-9,11,13,16,19-20,22,30,32-34,37H,3-4,6-7,10H2,1-2H3,(H2,28,36)/t13-,16?,19?,20-,22-,27-/m0/s1. The first kappa shape index (κ1) is 26.7. The third kappa shape index (κ3) is 3.63. The number of benzene rings is 1. The van der Waals surface area contributed by atoms with Gasteiger partial charge >= 0.3 is 0 Å². The number of hydrogen-bond acceptors (Lipinski definition) is 10. The van der Waals surface area contributed by atoms with Crippen LogP contribution in [0.3, 0.4) is 0 Å². The van der Waals surface area contributed by atoms with Gasteiger partial charge in [-0.2, -0.15) is 11.8 Å². The van der Waals surface area contributed by atoms with Crippen LogP contribution in [0.15, 0.2) is 40.9 Å². The van der Waals surface area contributed by atoms with Crippen molar-refractivity contribution in [2.45, 2.75) is 54.6 Å². The first-order valence-electron chi connectivity index (χ1n) is 12.7. The molecule has 7 N–H and O–H groups in total. The number of carbonyl (C=O) groups excluding carboxylic acids is 3. The Morgan fingerprint density at radius 3 is 2.42 bits per heavy atom. The van der Waals surface area contributed by atoms with Crippen molar-refractivity contribution in [1.82, 2.24) is 4.90 Å². The van der Waals surface area contributed by atoms with Crippen LogP contribution in [0.25, 0.3) is 0 Å². The molecule has 0 heterocycles. The van der Waals surface area contributed by atoms with Crippen LogP contribution in [-0.4, -0.2) is 90.8 Å². The van der Waals surface area contributed by atoms with Crippen molar-refractivity contribution in [1.29, 1.82) is 0 Å². The van der Waals surface area contributed by atoms with Gasteiger partial charge in [0.25, 0.3) is 5.91 Å². The van der Waals surface area contributed by atoms with Crippen molar-refractivity contribution in [3.8, 4) is 5.75 Å². The maximum Gasteiger partial charge on any atom is 0.255 e. The van der Waals surface area contributed by atoms with Gasteiger partial charge in [0.05, 0.1) is 23.6 Å². The number of primary amides is 1. The maximum absolute atomic E-state index is 13.8. The highest BCUT2D eigenvalue weighted by atomic mass is 32.2. The molecule has 11 heteroatoms. The lowest BCUT2D eigenvalue weighted by Crippen LogP contribution is -2.68. The summed E-state index contributed by atoms with van der Waals surface area (Å²) in [5, 5.41) is 57.2. The van der Waals surface area contributed by atoms with Crippen molar-refractivity contribution in [2.75, 3.05) is 19.8 Å². The van der Waals surface area contributed by atoms with Gasteiger partial charge in [-0.3, -0.25) is 19.3 Å². The number of carbonyl (C=O) groups is 3. The summed E-state index contributed by atoms with van der Waals surface area (Å²) in [5.41, 5.74) is 1.63. The molecule has 6 atom stereocenters. The Morgan fingerprint density at radius 1 is 1.16 bits per heavy atom. The van der Waals surface area contributed by atoms with Crippen molar-refractivity contribution < 1.29 is 39.9 Å². The molecule has 4 aliphatic rings. The van der Waals surface area contributed by atoms with Gasteiger partial charge in [0.15, 0.2) is 11.4 Å². The van der Waals surface area contributed by atoms with E-state index in [-0.39, 0.29) is 16.9 Å². The highest BCUT2D eigenvalue weighted by Gasteiger charge is 2.67. The van der Waals surface area contributed by atoms with Crippen LogP contribution in [0.5, 0.6) is 5.75 Å². The van der Waals surface area contributed by atoms with Crippen molar-refractivity contribution in [3.05, 3.63) is 52.0 Å². The molecule has 38 heavy (non-hydrogen) atoms. The van der Waals surface area contributed by atoms with Crippen LogP contribution in [0, 0.1) is 11.8 Å². The van der Waals surface area contributed by atoms with Gasteiger partial charge < -0.3 is 31.3 Å². The number of ketones is 2. The van der Waals surface area contributed by atoms with E-state index < -0.39 is 70.1 Å². The number of aromatic hydroxyl groups is 1. The lowest BCUT2D eigenvalue weighted by molar-refractivity contribution is -0.162. The number of aliphatic hydroxyl groups is 4. The Hall–Kier alpha value is -2.86. The number of likely N-dealkylation sites (N-methyl/N-ethyl adjacent to an activating group) is 1. The second-order valence-electron chi connectivity index (χ2n) is 10.8. The number of aliphatic hydroxyl groups excluding tert-OH is 3. The van der Waals surface area contributed by atoms with Gasteiger partial charge in [0.2, 0.25) is 5.78 Å². The van der Waals surface area contributed by atoms with Crippen LogP contribution < -0.4 is 5.73 Å². The number of phenolic OH excluding ortho intramolecular Hbond substituents is 1. The Kier molecular flexibility index (Phi) is 6.62. The monoisotopic (exact) mass is 544 g/mol. The fourth-order valence-corrected chi connectivity index (χ4v) is 8.43. The number of fused-ring (bicyclic) bond motifs is 3. The molecule has 204 valence electrons. The van der Waals surface area contributed by atoms with E-state index in [4.69, 9.17) is 5.73 Å². The number of phenols is 1. The summed E-state index contributed by atoms with van der Waals surface area (Å²) in [7, 11) is 3.04. The van der Waals surface area contributed by atoms with E-state index in [1.165, 1.54) is 25.1 Å². The molecule has 1 aromatic carbocycles. The summed E-state index contributed by atoms with van der Waals surface area (Å²) in [4.78, 5) is 40.8. The molecule has 0 aliphatic heterocycles. The van der Waals surface area contributed by atoms with Crippen molar-refractivity contribution in [3.63, 3.8) is 0 Å². The van der Waals surface area contributed by atoms with Gasteiger partial charge in [-0.1, -0.05) is 25.0 Å². The topological polar surface area (TPSA) is 182 Å². The summed E-state index contributed by atoms with van der Waals surface area (Å²) in [6.07, 6.45) is 2.72. The zero-order valence-corrected chi connectivity index (χ0v) is 21.9. The van der Waals surface area contributed by atoms with Gasteiger partial charge in [0, 0.05) is 28.4 Å². The Balaban J connectivity index is 1.74. The molecule has 1 saturated carbocycles. The smallest absolute Gasteiger partial charge is 0.255 e. The molecule has 2 unspecified atom stereocenters. The van der Waals surface area contributed by atoms with Crippen LogP contribution in [0.4, 0.5) is 0 Å². The number of Topliss-reactive ketones (excluding diaryl/α,β-unsaturated/α-hetero) is 2. The summed E-state index contributed by atoms with van der Waals surface area (Å²) >= 11 is 1.69. The van der Waals surface area contributed by atoms with E-state index in [1.54, 1.807) is 23.9 Å². The molecule has 1 fully saturated rings. The molecule has 1 amide bonds. The highest BCUT2D eigenvalue weighted by molar-refractivity contribution is 7.99. The molecular formula is C27H32N2O8S. The van der Waals surface area contributed by atoms with E-state index in [0.717, 1.165) is 25.7 Å². The fraction of sp³-hybridized carbons (Fsp3) is 0.519. The summed E-state index contributed by atoms with van der Waals surface area (Å²) in [6.45, 7) is 0. The first-order chi connectivity index (χ1) is 17.9. The van der Waals surface area contributed by atoms with Crippen LogP contribution in [0.1, 0.15) is 47.5 Å². The number of nitrogens with zero attached hydrogens (tertiary/aromatic N) is 1. The average molecular weight is 545 g/mol. The molecule has 0 bridgehead atoms. The lowest BCUT2D eigenvalue weighted by Gasteiger charge is -2.53. The van der Waals surface area contributed by atoms with Gasteiger partial charge in [-0.25, -0.2) is 0 Å². The second kappa shape index (κ2) is 9.41. The van der Waals surface area contributed by atoms with Crippen molar-refractivity contribution in [2.24, 2.45) is 17.6 Å². The Bertz CT molecular complexity index is 1280. The summed E-state index contributed by atoms with van der Waals surface area (Å²) in [5.74, 6) is -8.22. The van der Waals surface area contributed by atoms with Crippen LogP contribution >= 0.6 is 11.8 Å². The number of nitrogens with two attached hydrogens (primary N) is 1. The second-order valence-corrected chi connectivity index (χ2v) is 12.2. The number of rotatable bonds is 5. The predicted octanol–water partition coefficient (Wildman–Crippen LogP) is 1.31. The molecule has 0 radical (unpaired) electrons. The fourth-order valence-electron chi connectivity index (χ4n) is 6.89. The number of hydrogen-bond donors (Lipinski definition) is 6. The lowest BCUT2D eigenvalue weighted by atomic mass is 9.55. The molecule has 1 aromatic rings. The third-order valence-electron chi connectivity index (χ3n) is 8.61. The molecule has 0 saturated heterocycles. The van der Waals surface area contributed by atoms with Crippen LogP contribution in [-0.2, 0) is 9.59 Å².